The average molecular weight is 421 g/mol. The third kappa shape index (κ3) is 4.49. The van der Waals surface area contributed by atoms with Crippen LogP contribution in [-0.4, -0.2) is 46.2 Å². The van der Waals surface area contributed by atoms with Crippen LogP contribution in [-0.2, 0) is 0 Å². The van der Waals surface area contributed by atoms with Crippen LogP contribution in [0, 0.1) is 0 Å². The summed E-state index contributed by atoms with van der Waals surface area (Å²) >= 11 is 0. The van der Waals surface area contributed by atoms with Gasteiger partial charge in [-0.25, -0.2) is 0 Å². The predicted molar refractivity (Wildman–Crippen MR) is 130 cm³/mol. The van der Waals surface area contributed by atoms with Crippen molar-refractivity contribution in [1.29, 1.82) is 0 Å². The molecule has 1 aliphatic heterocycles. The highest BCUT2D eigenvalue weighted by atomic mass is 32.1. The van der Waals surface area contributed by atoms with Gasteiger partial charge in [-0.1, -0.05) is 101 Å². The Kier molecular flexibility index (Phi) is 8.10. The van der Waals surface area contributed by atoms with Gasteiger partial charge in [-0.15, -0.1) is 0 Å². The third-order valence-corrected chi connectivity index (χ3v) is 37.8. The van der Waals surface area contributed by atoms with Crippen molar-refractivity contribution in [3.63, 3.8) is 0 Å². The van der Waals surface area contributed by atoms with Gasteiger partial charge in [-0.2, -0.15) is 0 Å². The van der Waals surface area contributed by atoms with Gasteiger partial charge >= 0.3 is 0 Å². The average Bonchev–Trinajstić information content (AvgIpc) is 3.09. The Morgan fingerprint density at radius 1 is 0.750 bits per heavy atom. The highest BCUT2D eigenvalue weighted by Crippen LogP contribution is 2.96. The molecule has 1 saturated heterocycles. The zero-order valence-electron chi connectivity index (χ0n) is 18.7. The molecule has 1 heterocycles. The second-order valence-electron chi connectivity index (χ2n) is 11.0. The number of hydrogen-bond donors (Lipinski definition) is 0. The Morgan fingerprint density at radius 3 is 1.33 bits per heavy atom. The minimum atomic E-state index is -1.14. The molecule has 0 aromatic carbocycles. The van der Waals surface area contributed by atoms with E-state index < -0.39 is 24.2 Å². The van der Waals surface area contributed by atoms with Crippen molar-refractivity contribution in [3.05, 3.63) is 0 Å². The molecule has 0 bridgehead atoms. The van der Waals surface area contributed by atoms with Crippen LogP contribution in [0.15, 0.2) is 0 Å². The fourth-order valence-electron chi connectivity index (χ4n) is 5.30. The molecule has 2 atom stereocenters. The van der Waals surface area contributed by atoms with Gasteiger partial charge in [0.15, 0.2) is 0 Å². The summed E-state index contributed by atoms with van der Waals surface area (Å²) in [4.78, 5) is 0. The molecular weight excluding hydrogens is 374 g/mol. The Morgan fingerprint density at radius 2 is 1.12 bits per heavy atom. The van der Waals surface area contributed by atoms with Gasteiger partial charge in [-0.05, 0) is 34.9 Å². The van der Waals surface area contributed by atoms with Crippen LogP contribution in [0.5, 0.6) is 0 Å². The first-order chi connectivity index (χ1) is 10.8. The predicted octanol–water partition coefficient (Wildman–Crippen LogP) is 8.22. The topological polar surface area (TPSA) is 0 Å². The minimum absolute atomic E-state index is 0.329. The first-order valence-corrected chi connectivity index (χ1v) is 24.7. The van der Waals surface area contributed by atoms with Crippen LogP contribution in [0.2, 0.25) is 58.9 Å². The summed E-state index contributed by atoms with van der Waals surface area (Å²) in [6.45, 7) is 29.4. The van der Waals surface area contributed by atoms with Gasteiger partial charge in [0.2, 0.25) is 0 Å². The van der Waals surface area contributed by atoms with Gasteiger partial charge < -0.3 is 0 Å². The Hall–Kier alpha value is 1.51. The maximum absolute atomic E-state index is 2.74. The second-order valence-corrected chi connectivity index (χ2v) is 35.6. The molecule has 0 aromatic rings. The lowest BCUT2D eigenvalue weighted by Gasteiger charge is -2.43. The first-order valence-electron chi connectivity index (χ1n) is 10.3. The fourth-order valence-corrected chi connectivity index (χ4v) is 59.5. The van der Waals surface area contributed by atoms with Crippen molar-refractivity contribution >= 4 is 39.4 Å². The lowest BCUT2D eigenvalue weighted by Crippen LogP contribution is -2.61. The maximum atomic E-state index is 2.74. The third-order valence-electron chi connectivity index (χ3n) is 5.89. The molecule has 0 nitrogen and oxygen atoms in total. The smallest absolute Gasteiger partial charge is 0.0534 e. The molecule has 5 heteroatoms. The molecule has 0 aromatic heterocycles. The summed E-state index contributed by atoms with van der Waals surface area (Å²) in [5.41, 5.74) is 0. The summed E-state index contributed by atoms with van der Waals surface area (Å²) in [6, 6.07) is 0. The molecule has 1 unspecified atom stereocenters. The zero-order chi connectivity index (χ0) is 19.0. The van der Waals surface area contributed by atoms with E-state index in [2.05, 4.69) is 72.8 Å². The molecule has 1 rings (SSSR count). The van der Waals surface area contributed by atoms with Gasteiger partial charge in [-0.3, -0.25) is 0 Å². The molecule has 0 spiro atoms. The minimum Gasteiger partial charge on any atom is -0.0810 e. The van der Waals surface area contributed by atoms with E-state index in [1.807, 2.05) is 0 Å². The molecule has 144 valence electrons. The van der Waals surface area contributed by atoms with Crippen molar-refractivity contribution in [2.75, 3.05) is 12.3 Å². The molecule has 0 radical (unpaired) electrons. The van der Waals surface area contributed by atoms with E-state index in [1.165, 1.54) is 31.0 Å². The summed E-state index contributed by atoms with van der Waals surface area (Å²) < 4.78 is 0.896. The van der Waals surface area contributed by atoms with Crippen LogP contribution < -0.4 is 0 Å². The highest BCUT2D eigenvalue weighted by Gasteiger charge is 2.78. The van der Waals surface area contributed by atoms with Gasteiger partial charge in [0.25, 0.3) is 0 Å². The molecule has 0 N–H and O–H groups in total. The highest BCUT2D eigenvalue weighted by molar-refractivity contribution is 8.37. The van der Waals surface area contributed by atoms with E-state index in [-0.39, 0.29) is 0 Å². The van der Waals surface area contributed by atoms with Crippen LogP contribution in [0.4, 0.5) is 0 Å². The van der Waals surface area contributed by atoms with E-state index in [4.69, 9.17) is 0 Å². The zero-order valence-corrected chi connectivity index (χ0v) is 23.5. The summed E-state index contributed by atoms with van der Waals surface area (Å²) in [5.74, 6) is 0. The largest absolute Gasteiger partial charge is 0.0810 e. The Bertz CT molecular complexity index is 382. The molecular formula is C19H46P2Si3. The Labute approximate surface area is 159 Å². The van der Waals surface area contributed by atoms with Gasteiger partial charge in [0.1, 0.15) is 0 Å². The molecule has 1 fully saturated rings. The van der Waals surface area contributed by atoms with Crippen molar-refractivity contribution in [2.24, 2.45) is 0 Å². The normalized spacial score (nSPS) is 24.5. The fraction of sp³-hybridized carbons (Fsp3) is 1.00. The van der Waals surface area contributed by atoms with E-state index in [1.54, 1.807) is 12.3 Å². The van der Waals surface area contributed by atoms with Crippen LogP contribution in [0.25, 0.3) is 0 Å². The summed E-state index contributed by atoms with van der Waals surface area (Å²) in [5, 5.41) is 1.21. The van der Waals surface area contributed by atoms with Crippen LogP contribution in [0.3, 0.4) is 0 Å². The van der Waals surface area contributed by atoms with E-state index in [0.29, 0.717) is 15.2 Å². The number of unbranched alkanes of at least 4 members (excludes halogenated alkanes) is 2. The summed E-state index contributed by atoms with van der Waals surface area (Å²) in [6.07, 6.45) is 9.02. The lowest BCUT2D eigenvalue weighted by atomic mass is 10.4. The van der Waals surface area contributed by atoms with Crippen molar-refractivity contribution in [3.8, 4) is 0 Å². The number of rotatable bonds is 10. The van der Waals surface area contributed by atoms with Crippen LogP contribution in [0.1, 0.15) is 39.5 Å². The standard InChI is InChI=1S/C19H46P2Si3/c1-12-14-16-20(17-15-13-2)21-18(22(3,4)5)19(21,23(6,7)8)24(9,10)11/h18H,12-17H2,1-11H3/t18?,21-/m1/s1. The number of hydrogen-bond acceptors (Lipinski definition) is 0. The van der Waals surface area contributed by atoms with E-state index in [0.717, 1.165) is 4.40 Å². The quantitative estimate of drug-likeness (QED) is 0.247. The van der Waals surface area contributed by atoms with Crippen LogP contribution >= 0.6 is 15.2 Å². The van der Waals surface area contributed by atoms with E-state index >= 15 is 0 Å². The van der Waals surface area contributed by atoms with Gasteiger partial charge in [0, 0.05) is 0 Å². The van der Waals surface area contributed by atoms with Crippen molar-refractivity contribution in [2.45, 2.75) is 108 Å². The molecule has 0 saturated carbocycles. The molecule has 24 heavy (non-hydrogen) atoms. The SMILES string of the molecule is CCCCP(CCCC)[P@]1C([Si](C)(C)C)C1([Si](C)(C)C)[Si](C)(C)C. The Balaban J connectivity index is 3.33. The van der Waals surface area contributed by atoms with Gasteiger partial charge in [0.05, 0.1) is 24.2 Å². The lowest BCUT2D eigenvalue weighted by molar-refractivity contribution is 0.872. The molecule has 1 aliphatic rings. The van der Waals surface area contributed by atoms with Crippen molar-refractivity contribution in [1.82, 2.24) is 0 Å². The molecule has 0 amide bonds. The maximum Gasteiger partial charge on any atom is 0.0534 e. The second kappa shape index (κ2) is 8.26. The summed E-state index contributed by atoms with van der Waals surface area (Å²) in [7, 11) is -2.69. The van der Waals surface area contributed by atoms with E-state index in [9.17, 15) is 0 Å². The monoisotopic (exact) mass is 420 g/mol. The van der Waals surface area contributed by atoms with Crippen molar-refractivity contribution < 1.29 is 0 Å². The molecule has 0 aliphatic carbocycles. The first kappa shape index (κ1) is 23.5.